The summed E-state index contributed by atoms with van der Waals surface area (Å²) >= 11 is 0. The van der Waals surface area contributed by atoms with E-state index < -0.39 is 0 Å². The van der Waals surface area contributed by atoms with Crippen molar-refractivity contribution in [2.24, 2.45) is 0 Å². The van der Waals surface area contributed by atoms with Crippen LogP contribution in [0.25, 0.3) is 0 Å². The topological polar surface area (TPSA) is 96.5 Å². The number of methoxy groups -OCH3 is 2. The van der Waals surface area contributed by atoms with Gasteiger partial charge in [-0.1, -0.05) is 12.1 Å². The Kier molecular flexibility index (Phi) is 6.38. The summed E-state index contributed by atoms with van der Waals surface area (Å²) in [7, 11) is 3.12. The molecule has 0 unspecified atom stereocenters. The first-order valence-electron chi connectivity index (χ1n) is 11.2. The lowest BCUT2D eigenvalue weighted by atomic mass is 9.98. The van der Waals surface area contributed by atoms with Crippen molar-refractivity contribution < 1.29 is 33.2 Å². The van der Waals surface area contributed by atoms with Crippen LogP contribution in [-0.4, -0.2) is 39.9 Å². The molecule has 0 spiro atoms. The molecule has 0 bridgehead atoms. The van der Waals surface area contributed by atoms with Gasteiger partial charge in [0.25, 0.3) is 0 Å². The third kappa shape index (κ3) is 5.13. The predicted molar refractivity (Wildman–Crippen MR) is 128 cm³/mol. The van der Waals surface area contributed by atoms with Crippen molar-refractivity contribution in [1.82, 2.24) is 5.32 Å². The smallest absolute Gasteiger partial charge is 0.319 e. The van der Waals surface area contributed by atoms with Crippen molar-refractivity contribution in [1.29, 1.82) is 0 Å². The van der Waals surface area contributed by atoms with Crippen LogP contribution in [0.15, 0.2) is 54.6 Å². The normalized spacial score (nSPS) is 13.0. The zero-order chi connectivity index (χ0) is 24.2. The number of anilines is 1. The molecule has 0 radical (unpaired) electrons. The molecular formula is C26H26N2O7. The third-order valence-corrected chi connectivity index (χ3v) is 5.83. The van der Waals surface area contributed by atoms with Gasteiger partial charge in [0.1, 0.15) is 11.5 Å². The summed E-state index contributed by atoms with van der Waals surface area (Å²) < 4.78 is 32.5. The van der Waals surface area contributed by atoms with E-state index in [4.69, 9.17) is 28.4 Å². The molecule has 9 heteroatoms. The molecule has 5 rings (SSSR count). The molecule has 0 saturated heterocycles. The fourth-order valence-corrected chi connectivity index (χ4v) is 4.13. The Hall–Kier alpha value is -4.27. The van der Waals surface area contributed by atoms with Gasteiger partial charge in [0.05, 0.1) is 19.9 Å². The molecule has 2 heterocycles. The molecular weight excluding hydrogens is 452 g/mol. The first kappa shape index (κ1) is 22.5. The molecule has 35 heavy (non-hydrogen) atoms. The van der Waals surface area contributed by atoms with Crippen LogP contribution in [0.3, 0.4) is 0 Å². The van der Waals surface area contributed by atoms with E-state index in [1.165, 1.54) is 0 Å². The van der Waals surface area contributed by atoms with Crippen LogP contribution in [-0.2, 0) is 12.8 Å². The van der Waals surface area contributed by atoms with Crippen LogP contribution in [0.2, 0.25) is 0 Å². The Labute approximate surface area is 202 Å². The fraction of sp³-hybridized carbons (Fsp3) is 0.269. The summed E-state index contributed by atoms with van der Waals surface area (Å²) in [5, 5.41) is 5.97. The number of amides is 2. The number of carbonyl (C=O) groups is 1. The van der Waals surface area contributed by atoms with E-state index in [2.05, 4.69) is 10.6 Å². The van der Waals surface area contributed by atoms with Crippen molar-refractivity contribution >= 4 is 11.7 Å². The lowest BCUT2D eigenvalue weighted by Gasteiger charge is -2.21. The second-order valence-electron chi connectivity index (χ2n) is 8.15. The number of benzene rings is 3. The van der Waals surface area contributed by atoms with Gasteiger partial charge in [-0.3, -0.25) is 0 Å². The number of carbonyl (C=O) groups excluding carboxylic acids is 1. The van der Waals surface area contributed by atoms with Crippen molar-refractivity contribution in [3.8, 4) is 34.5 Å². The van der Waals surface area contributed by atoms with Crippen molar-refractivity contribution in [2.75, 3.05) is 33.1 Å². The maximum Gasteiger partial charge on any atom is 0.319 e. The van der Waals surface area contributed by atoms with Crippen LogP contribution in [0, 0.1) is 0 Å². The Bertz CT molecular complexity index is 1170. The van der Waals surface area contributed by atoms with E-state index >= 15 is 0 Å². The highest BCUT2D eigenvalue weighted by atomic mass is 16.7. The Morgan fingerprint density at radius 3 is 1.97 bits per heavy atom. The lowest BCUT2D eigenvalue weighted by molar-refractivity contribution is 0.173. The second kappa shape index (κ2) is 9.92. The van der Waals surface area contributed by atoms with E-state index in [1.807, 2.05) is 36.4 Å². The van der Waals surface area contributed by atoms with Crippen LogP contribution < -0.4 is 39.1 Å². The first-order valence-corrected chi connectivity index (χ1v) is 11.2. The summed E-state index contributed by atoms with van der Waals surface area (Å²) in [5.74, 6) is 3.99. The molecule has 3 aromatic carbocycles. The standard InChI is InChI=1S/C26H26N2O7/c1-30-19-5-8-21(31-2)20(13-19)28-26(29)27-18(9-16-3-6-22-24(11-16)34-14-32-22)10-17-4-7-23-25(12-17)35-15-33-23/h3-8,11-13,18H,9-10,14-15H2,1-2H3,(H2,27,28,29). The van der Waals surface area contributed by atoms with Crippen molar-refractivity contribution in [2.45, 2.75) is 18.9 Å². The molecule has 2 N–H and O–H groups in total. The van der Waals surface area contributed by atoms with Gasteiger partial charge < -0.3 is 39.1 Å². The molecule has 9 nitrogen and oxygen atoms in total. The molecule has 2 amide bonds. The molecule has 0 saturated carbocycles. The highest BCUT2D eigenvalue weighted by Gasteiger charge is 2.20. The molecule has 0 aliphatic carbocycles. The quantitative estimate of drug-likeness (QED) is 0.502. The Balaban J connectivity index is 1.35. The predicted octanol–water partition coefficient (Wildman–Crippen LogP) is 4.14. The summed E-state index contributed by atoms with van der Waals surface area (Å²) in [4.78, 5) is 13.0. The minimum atomic E-state index is -0.358. The molecule has 2 aliphatic rings. The summed E-state index contributed by atoms with van der Waals surface area (Å²) in [6.07, 6.45) is 1.15. The molecule has 0 aromatic heterocycles. The summed E-state index contributed by atoms with van der Waals surface area (Å²) in [6.45, 7) is 0.422. The molecule has 182 valence electrons. The number of rotatable bonds is 8. The maximum absolute atomic E-state index is 13.0. The number of urea groups is 1. The minimum Gasteiger partial charge on any atom is -0.497 e. The van der Waals surface area contributed by atoms with Crippen LogP contribution in [0.5, 0.6) is 34.5 Å². The largest absolute Gasteiger partial charge is 0.497 e. The van der Waals surface area contributed by atoms with Gasteiger partial charge in [0, 0.05) is 12.1 Å². The summed E-state index contributed by atoms with van der Waals surface area (Å²) in [5.41, 5.74) is 2.53. The van der Waals surface area contributed by atoms with Crippen molar-refractivity contribution in [3.63, 3.8) is 0 Å². The van der Waals surface area contributed by atoms with Gasteiger partial charge in [-0.25, -0.2) is 4.79 Å². The van der Waals surface area contributed by atoms with Gasteiger partial charge in [-0.15, -0.1) is 0 Å². The van der Waals surface area contributed by atoms with E-state index in [9.17, 15) is 4.79 Å². The number of ether oxygens (including phenoxy) is 6. The molecule has 3 aromatic rings. The zero-order valence-electron chi connectivity index (χ0n) is 19.5. The highest BCUT2D eigenvalue weighted by Crippen LogP contribution is 2.35. The van der Waals surface area contributed by atoms with Gasteiger partial charge in [0.15, 0.2) is 23.0 Å². The first-order chi connectivity index (χ1) is 17.1. The Morgan fingerprint density at radius 2 is 1.40 bits per heavy atom. The number of hydrogen-bond donors (Lipinski definition) is 2. The zero-order valence-corrected chi connectivity index (χ0v) is 19.5. The van der Waals surface area contributed by atoms with E-state index in [0.717, 1.165) is 22.6 Å². The summed E-state index contributed by atoms with van der Waals surface area (Å²) in [6, 6.07) is 16.2. The van der Waals surface area contributed by atoms with E-state index in [0.29, 0.717) is 41.5 Å². The van der Waals surface area contributed by atoms with Gasteiger partial charge in [-0.2, -0.15) is 0 Å². The number of hydrogen-bond acceptors (Lipinski definition) is 7. The van der Waals surface area contributed by atoms with E-state index in [-0.39, 0.29) is 25.7 Å². The molecule has 0 fully saturated rings. The lowest BCUT2D eigenvalue weighted by Crippen LogP contribution is -2.40. The van der Waals surface area contributed by atoms with E-state index in [1.54, 1.807) is 32.4 Å². The Morgan fingerprint density at radius 1 is 0.800 bits per heavy atom. The number of fused-ring (bicyclic) bond motifs is 2. The van der Waals surface area contributed by atoms with Crippen LogP contribution in [0.1, 0.15) is 11.1 Å². The average Bonchev–Trinajstić information content (AvgIpc) is 3.52. The average molecular weight is 479 g/mol. The minimum absolute atomic E-state index is 0.211. The maximum atomic E-state index is 13.0. The van der Waals surface area contributed by atoms with Crippen LogP contribution in [0.4, 0.5) is 10.5 Å². The van der Waals surface area contributed by atoms with Gasteiger partial charge in [0.2, 0.25) is 13.6 Å². The number of nitrogens with one attached hydrogen (secondary N) is 2. The van der Waals surface area contributed by atoms with Gasteiger partial charge >= 0.3 is 6.03 Å². The van der Waals surface area contributed by atoms with Gasteiger partial charge in [-0.05, 0) is 60.4 Å². The molecule has 2 aliphatic heterocycles. The fourth-order valence-electron chi connectivity index (χ4n) is 4.13. The van der Waals surface area contributed by atoms with Crippen LogP contribution >= 0.6 is 0 Å². The van der Waals surface area contributed by atoms with Crippen molar-refractivity contribution in [3.05, 3.63) is 65.7 Å². The second-order valence-corrected chi connectivity index (χ2v) is 8.15. The third-order valence-electron chi connectivity index (χ3n) is 5.83. The SMILES string of the molecule is COc1ccc(OC)c(NC(=O)NC(Cc2ccc3c(c2)OCO3)Cc2ccc3c(c2)OCO3)c1. The highest BCUT2D eigenvalue weighted by molar-refractivity contribution is 5.91. The molecule has 0 atom stereocenters. The monoisotopic (exact) mass is 478 g/mol.